The van der Waals surface area contributed by atoms with Crippen molar-refractivity contribution in [2.24, 2.45) is 0 Å². The van der Waals surface area contributed by atoms with Gasteiger partial charge in [0.2, 0.25) is 0 Å². The minimum absolute atomic E-state index is 0.0602. The first kappa shape index (κ1) is 24.1. The predicted molar refractivity (Wildman–Crippen MR) is 114 cm³/mol. The number of nitrogens with one attached hydrogen (secondary N) is 2. The molecule has 0 aliphatic carbocycles. The SMILES string of the molecule is N#CCc1cc(NC(=O)c2cc(F)cc(C(F)(F)F)c2)c2c(n1)C(=O)NC2c1cc(F)ccc1Cl. The number of anilines is 1. The minimum atomic E-state index is -4.90. The van der Waals surface area contributed by atoms with Gasteiger partial charge in [0, 0.05) is 21.7 Å². The first-order chi connectivity index (χ1) is 16.5. The second kappa shape index (κ2) is 8.96. The molecule has 3 aromatic rings. The molecule has 0 spiro atoms. The Morgan fingerprint density at radius 1 is 1.14 bits per heavy atom. The number of halogens is 6. The Kier molecular flexibility index (Phi) is 6.17. The lowest BCUT2D eigenvalue weighted by Gasteiger charge is -2.18. The molecule has 0 saturated heterocycles. The van der Waals surface area contributed by atoms with Crippen LogP contribution in [0.5, 0.6) is 0 Å². The van der Waals surface area contributed by atoms with Crippen LogP contribution in [0.3, 0.4) is 0 Å². The van der Waals surface area contributed by atoms with Crippen LogP contribution in [-0.2, 0) is 12.6 Å². The molecule has 1 aromatic heterocycles. The van der Waals surface area contributed by atoms with Gasteiger partial charge in [-0.3, -0.25) is 9.59 Å². The van der Waals surface area contributed by atoms with Crippen LogP contribution in [0.25, 0.3) is 0 Å². The smallest absolute Gasteiger partial charge is 0.340 e. The molecule has 2 N–H and O–H groups in total. The van der Waals surface area contributed by atoms with Gasteiger partial charge in [0.1, 0.15) is 17.3 Å². The van der Waals surface area contributed by atoms with Gasteiger partial charge in [0.05, 0.1) is 35.5 Å². The van der Waals surface area contributed by atoms with Gasteiger partial charge in [-0.25, -0.2) is 13.8 Å². The lowest BCUT2D eigenvalue weighted by Crippen LogP contribution is -2.21. The van der Waals surface area contributed by atoms with Crippen molar-refractivity contribution in [3.63, 3.8) is 0 Å². The van der Waals surface area contributed by atoms with Crippen molar-refractivity contribution in [2.45, 2.75) is 18.6 Å². The van der Waals surface area contributed by atoms with Gasteiger partial charge >= 0.3 is 6.18 Å². The van der Waals surface area contributed by atoms with Crippen LogP contribution in [0.1, 0.15) is 49.3 Å². The van der Waals surface area contributed by atoms with Crippen LogP contribution in [-0.4, -0.2) is 16.8 Å². The van der Waals surface area contributed by atoms with Gasteiger partial charge in [-0.05, 0) is 42.5 Å². The Morgan fingerprint density at radius 2 is 1.89 bits per heavy atom. The van der Waals surface area contributed by atoms with Crippen molar-refractivity contribution in [2.75, 3.05) is 5.32 Å². The fourth-order valence-electron chi connectivity index (χ4n) is 3.67. The predicted octanol–water partition coefficient (Wildman–Crippen LogP) is 5.18. The number of aromatic nitrogens is 1. The highest BCUT2D eigenvalue weighted by atomic mass is 35.5. The Balaban J connectivity index is 1.83. The number of nitriles is 1. The number of nitrogens with zero attached hydrogens (tertiary/aromatic N) is 2. The Labute approximate surface area is 199 Å². The van der Waals surface area contributed by atoms with Gasteiger partial charge in [-0.15, -0.1) is 0 Å². The number of hydrogen-bond acceptors (Lipinski definition) is 4. The standard InChI is InChI=1S/C23H12ClF5N4O2/c24-16-2-1-12(25)8-15(16)19-18-17(9-14(3-4-30)31-20(18)22(35)33-19)32-21(34)10-5-11(23(27,28)29)7-13(26)6-10/h1-2,5-9,19H,3H2,(H,33,35)(H,31,32,34). The van der Waals surface area contributed by atoms with E-state index in [-0.39, 0.29) is 45.7 Å². The molecular formula is C23H12ClF5N4O2. The maximum atomic E-state index is 13.9. The lowest BCUT2D eigenvalue weighted by molar-refractivity contribution is -0.137. The molecular weight excluding hydrogens is 495 g/mol. The van der Waals surface area contributed by atoms with Crippen molar-refractivity contribution in [1.29, 1.82) is 5.26 Å². The van der Waals surface area contributed by atoms with E-state index in [4.69, 9.17) is 16.9 Å². The third-order valence-electron chi connectivity index (χ3n) is 5.16. The van der Waals surface area contributed by atoms with Crippen molar-refractivity contribution in [3.8, 4) is 6.07 Å². The molecule has 2 heterocycles. The zero-order chi connectivity index (χ0) is 25.5. The quantitative estimate of drug-likeness (QED) is 0.477. The van der Waals surface area contributed by atoms with Gasteiger partial charge in [-0.2, -0.15) is 18.4 Å². The molecule has 0 radical (unpaired) electrons. The van der Waals surface area contributed by atoms with Crippen LogP contribution >= 0.6 is 11.6 Å². The molecule has 1 unspecified atom stereocenters. The number of rotatable bonds is 4. The Hall–Kier alpha value is -4.04. The third kappa shape index (κ3) is 4.79. The van der Waals surface area contributed by atoms with Crippen LogP contribution in [0.15, 0.2) is 42.5 Å². The topological polar surface area (TPSA) is 94.9 Å². The van der Waals surface area contributed by atoms with Crippen molar-refractivity contribution in [1.82, 2.24) is 10.3 Å². The molecule has 1 aliphatic rings. The van der Waals surface area contributed by atoms with E-state index in [0.717, 1.165) is 12.1 Å². The third-order valence-corrected chi connectivity index (χ3v) is 5.50. The number of carbonyl (C=O) groups excluding carboxylic acids is 2. The van der Waals surface area contributed by atoms with Gasteiger partial charge in [0.25, 0.3) is 11.8 Å². The molecule has 4 rings (SSSR count). The molecule has 35 heavy (non-hydrogen) atoms. The van der Waals surface area contributed by atoms with Gasteiger partial charge in [-0.1, -0.05) is 11.6 Å². The van der Waals surface area contributed by atoms with E-state index in [9.17, 15) is 31.5 Å². The molecule has 2 aromatic carbocycles. The van der Waals surface area contributed by atoms with Crippen molar-refractivity contribution < 1.29 is 31.5 Å². The number of alkyl halides is 3. The fraction of sp³-hybridized carbons (Fsp3) is 0.130. The zero-order valence-corrected chi connectivity index (χ0v) is 18.1. The summed E-state index contributed by atoms with van der Waals surface area (Å²) < 4.78 is 67.0. The van der Waals surface area contributed by atoms with E-state index in [2.05, 4.69) is 15.6 Å². The number of amides is 2. The largest absolute Gasteiger partial charge is 0.416 e. The maximum absolute atomic E-state index is 13.9. The van der Waals surface area contributed by atoms with Crippen LogP contribution < -0.4 is 10.6 Å². The number of hydrogen-bond donors (Lipinski definition) is 2. The molecule has 178 valence electrons. The number of carbonyl (C=O) groups is 2. The van der Waals surface area contributed by atoms with Gasteiger partial charge < -0.3 is 10.6 Å². The summed E-state index contributed by atoms with van der Waals surface area (Å²) in [7, 11) is 0. The molecule has 1 atom stereocenters. The highest BCUT2D eigenvalue weighted by Gasteiger charge is 2.36. The Morgan fingerprint density at radius 3 is 2.57 bits per heavy atom. The first-order valence-corrected chi connectivity index (χ1v) is 10.2. The molecule has 2 amide bonds. The summed E-state index contributed by atoms with van der Waals surface area (Å²) in [6, 6.07) is 6.79. The second-order valence-corrected chi connectivity index (χ2v) is 7.92. The monoisotopic (exact) mass is 506 g/mol. The first-order valence-electron chi connectivity index (χ1n) is 9.83. The van der Waals surface area contributed by atoms with Crippen LogP contribution in [0, 0.1) is 23.0 Å². The van der Waals surface area contributed by atoms with Gasteiger partial charge in [0.15, 0.2) is 0 Å². The van der Waals surface area contributed by atoms with Crippen molar-refractivity contribution >= 4 is 29.1 Å². The normalized spacial score (nSPS) is 14.8. The summed E-state index contributed by atoms with van der Waals surface area (Å²) in [5, 5.41) is 14.1. The second-order valence-electron chi connectivity index (χ2n) is 7.51. The molecule has 0 saturated carbocycles. The molecule has 6 nitrogen and oxygen atoms in total. The highest BCUT2D eigenvalue weighted by Crippen LogP contribution is 2.39. The van der Waals surface area contributed by atoms with Crippen LogP contribution in [0.2, 0.25) is 5.02 Å². The van der Waals surface area contributed by atoms with E-state index in [1.807, 2.05) is 6.07 Å². The number of fused-ring (bicyclic) bond motifs is 1. The van der Waals surface area contributed by atoms with E-state index >= 15 is 0 Å². The van der Waals surface area contributed by atoms with E-state index in [1.165, 1.54) is 12.1 Å². The average molecular weight is 507 g/mol. The summed E-state index contributed by atoms with van der Waals surface area (Å²) >= 11 is 6.19. The molecule has 0 bridgehead atoms. The zero-order valence-electron chi connectivity index (χ0n) is 17.3. The summed E-state index contributed by atoms with van der Waals surface area (Å²) in [5.74, 6) is -3.76. The van der Waals surface area contributed by atoms with Crippen molar-refractivity contribution in [3.05, 3.63) is 92.8 Å². The number of pyridine rings is 1. The van der Waals surface area contributed by atoms with E-state index < -0.39 is 46.8 Å². The lowest BCUT2D eigenvalue weighted by atomic mass is 9.97. The summed E-state index contributed by atoms with van der Waals surface area (Å²) in [6.07, 6.45) is -5.16. The van der Waals surface area contributed by atoms with E-state index in [0.29, 0.717) is 12.1 Å². The summed E-state index contributed by atoms with van der Waals surface area (Å²) in [6.45, 7) is 0. The summed E-state index contributed by atoms with van der Waals surface area (Å²) in [5.41, 5.74) is -2.01. The maximum Gasteiger partial charge on any atom is 0.416 e. The minimum Gasteiger partial charge on any atom is -0.340 e. The molecule has 1 aliphatic heterocycles. The van der Waals surface area contributed by atoms with Crippen LogP contribution in [0.4, 0.5) is 27.6 Å². The molecule has 12 heteroatoms. The van der Waals surface area contributed by atoms with E-state index in [1.54, 1.807) is 0 Å². The summed E-state index contributed by atoms with van der Waals surface area (Å²) in [4.78, 5) is 29.6. The Bertz CT molecular complexity index is 1420. The highest BCUT2D eigenvalue weighted by molar-refractivity contribution is 6.31. The average Bonchev–Trinajstić information content (AvgIpc) is 3.11. The number of benzene rings is 2. The molecule has 0 fully saturated rings. The fourth-order valence-corrected chi connectivity index (χ4v) is 3.89.